The Hall–Kier alpha value is 1.50. The lowest BCUT2D eigenvalue weighted by Crippen LogP contribution is -2.08. The van der Waals surface area contributed by atoms with E-state index in [1.54, 1.807) is 70.6 Å². The Balaban J connectivity index is 3.17. The van der Waals surface area contributed by atoms with Gasteiger partial charge in [-0.2, -0.15) is 47.0 Å². The van der Waals surface area contributed by atoms with Crippen molar-refractivity contribution in [2.45, 2.75) is 25.7 Å². The van der Waals surface area contributed by atoms with E-state index in [1.807, 2.05) is 0 Å². The van der Waals surface area contributed by atoms with Crippen molar-refractivity contribution in [1.82, 2.24) is 0 Å². The van der Waals surface area contributed by atoms with Crippen LogP contribution in [0.3, 0.4) is 0 Å². The third-order valence-corrected chi connectivity index (χ3v) is 12.0. The molecule has 0 aliphatic heterocycles. The minimum Gasteiger partial charge on any atom is -0.465 e. The van der Waals surface area contributed by atoms with Crippen LogP contribution in [0.5, 0.6) is 0 Å². The van der Waals surface area contributed by atoms with E-state index in [-0.39, 0.29) is 29.8 Å². The highest BCUT2D eigenvalue weighted by Crippen LogP contribution is 2.16. The monoisotopic (exact) mass is 736 g/mol. The van der Waals surface area contributed by atoms with Gasteiger partial charge in [-0.1, -0.05) is 11.8 Å². The van der Waals surface area contributed by atoms with Crippen LogP contribution in [0.1, 0.15) is 25.7 Å². The Kier molecular flexibility index (Phi) is 39.1. The normalized spacial score (nSPS) is 11.2. The third kappa shape index (κ3) is 37.6. The first-order chi connectivity index (χ1) is 20.2. The Bertz CT molecular complexity index is 573. The molecule has 2 N–H and O–H groups in total. The van der Waals surface area contributed by atoms with Gasteiger partial charge in [-0.25, -0.2) is 19.6 Å². The van der Waals surface area contributed by atoms with Gasteiger partial charge in [-0.3, -0.25) is 9.59 Å². The summed E-state index contributed by atoms with van der Waals surface area (Å²) < 4.78 is 10.2. The van der Waals surface area contributed by atoms with Crippen LogP contribution in [0.2, 0.25) is 0 Å². The molecular weight excluding hydrogens is 693 g/mol. The lowest BCUT2D eigenvalue weighted by atomic mass is 10.5. The second kappa shape index (κ2) is 37.7. The van der Waals surface area contributed by atoms with Gasteiger partial charge in [0.15, 0.2) is 0 Å². The standard InChI is InChI=1S/C23H44O10S8/c24-15-40-17-29-23(27)4-12-37-20-34-9-1-5-30-32-8-14-39-21-38-13-7-28-22(26)3-11-36-19-35-10-2-6-31-33-18-41-16-25/h24-25H,1-21H2. The van der Waals surface area contributed by atoms with Gasteiger partial charge in [0.1, 0.15) is 18.5 Å². The average Bonchev–Trinajstić information content (AvgIpc) is 2.97. The van der Waals surface area contributed by atoms with Crippen LogP contribution < -0.4 is 0 Å². The molecule has 0 rings (SSSR count). The third-order valence-electron chi connectivity index (χ3n) is 4.02. The number of ether oxygens (including phenoxy) is 2. The maximum Gasteiger partial charge on any atom is 0.307 e. The van der Waals surface area contributed by atoms with E-state index >= 15 is 0 Å². The van der Waals surface area contributed by atoms with Crippen molar-refractivity contribution in [3.05, 3.63) is 0 Å². The number of carbonyl (C=O) groups excluding carboxylic acids is 2. The number of carbonyl (C=O) groups is 2. The zero-order valence-corrected chi connectivity index (χ0v) is 29.8. The lowest BCUT2D eigenvalue weighted by Gasteiger charge is -2.06. The van der Waals surface area contributed by atoms with Crippen LogP contribution in [-0.2, 0) is 38.6 Å². The van der Waals surface area contributed by atoms with Gasteiger partial charge in [0.05, 0.1) is 44.5 Å². The van der Waals surface area contributed by atoms with Crippen molar-refractivity contribution in [2.75, 3.05) is 100.0 Å². The Morgan fingerprint density at radius 2 is 0.927 bits per heavy atom. The molecule has 0 spiro atoms. The number of esters is 2. The first kappa shape index (κ1) is 42.5. The molecular formula is C23H44O10S8. The van der Waals surface area contributed by atoms with E-state index in [4.69, 9.17) is 39.2 Å². The zero-order chi connectivity index (χ0) is 29.9. The minimum atomic E-state index is -0.226. The van der Waals surface area contributed by atoms with Crippen LogP contribution in [0.15, 0.2) is 0 Å². The molecule has 10 nitrogen and oxygen atoms in total. The maximum absolute atomic E-state index is 11.8. The van der Waals surface area contributed by atoms with Crippen LogP contribution >= 0.6 is 94.1 Å². The summed E-state index contributed by atoms with van der Waals surface area (Å²) in [6, 6.07) is 0. The van der Waals surface area contributed by atoms with Crippen molar-refractivity contribution < 1.29 is 48.8 Å². The fourth-order valence-electron chi connectivity index (χ4n) is 2.16. The summed E-state index contributed by atoms with van der Waals surface area (Å²) in [4.78, 5) is 43.4. The molecule has 0 aromatic carbocycles. The van der Waals surface area contributed by atoms with Gasteiger partial charge in [-0.15, -0.1) is 35.3 Å². The van der Waals surface area contributed by atoms with E-state index in [0.29, 0.717) is 45.2 Å². The van der Waals surface area contributed by atoms with Crippen molar-refractivity contribution in [2.24, 2.45) is 0 Å². The molecule has 18 heteroatoms. The van der Waals surface area contributed by atoms with Crippen LogP contribution in [-0.4, -0.2) is 122 Å². The van der Waals surface area contributed by atoms with Gasteiger partial charge in [0.25, 0.3) is 0 Å². The quantitative estimate of drug-likeness (QED) is 0.0299. The average molecular weight is 737 g/mol. The van der Waals surface area contributed by atoms with Crippen LogP contribution in [0.4, 0.5) is 0 Å². The zero-order valence-electron chi connectivity index (χ0n) is 23.3. The predicted octanol–water partition coefficient (Wildman–Crippen LogP) is 5.08. The van der Waals surface area contributed by atoms with Crippen molar-refractivity contribution >= 4 is 106 Å². The van der Waals surface area contributed by atoms with Crippen molar-refractivity contribution in [3.63, 3.8) is 0 Å². The second-order valence-corrected chi connectivity index (χ2v) is 16.8. The smallest absolute Gasteiger partial charge is 0.307 e. The summed E-state index contributed by atoms with van der Waals surface area (Å²) in [6.45, 7) is 2.08. The summed E-state index contributed by atoms with van der Waals surface area (Å²) in [7, 11) is 0. The highest BCUT2D eigenvalue weighted by Gasteiger charge is 2.04. The van der Waals surface area contributed by atoms with Crippen molar-refractivity contribution in [1.29, 1.82) is 0 Å². The Morgan fingerprint density at radius 1 is 0.463 bits per heavy atom. The Labute approximate surface area is 278 Å². The molecule has 0 fully saturated rings. The predicted molar refractivity (Wildman–Crippen MR) is 183 cm³/mol. The van der Waals surface area contributed by atoms with Crippen LogP contribution in [0, 0.1) is 0 Å². The summed E-state index contributed by atoms with van der Waals surface area (Å²) in [5, 5.41) is 20.0. The highest BCUT2D eigenvalue weighted by atomic mass is 32.2. The lowest BCUT2D eigenvalue weighted by molar-refractivity contribution is -0.289. The molecule has 0 aromatic heterocycles. The summed E-state index contributed by atoms with van der Waals surface area (Å²) >= 11 is 13.0. The fourth-order valence-corrected chi connectivity index (χ4v) is 8.56. The first-order valence-corrected chi connectivity index (χ1v) is 22.1. The molecule has 0 saturated carbocycles. The molecule has 41 heavy (non-hydrogen) atoms. The first-order valence-electron chi connectivity index (χ1n) is 12.8. The number of hydrogen-bond donors (Lipinski definition) is 2. The number of thioether (sulfide) groups is 8. The minimum absolute atomic E-state index is 0.0257. The largest absolute Gasteiger partial charge is 0.465 e. The van der Waals surface area contributed by atoms with Crippen LogP contribution in [0.25, 0.3) is 0 Å². The van der Waals surface area contributed by atoms with E-state index in [0.717, 1.165) is 74.4 Å². The molecule has 0 amide bonds. The van der Waals surface area contributed by atoms with E-state index in [9.17, 15) is 9.59 Å². The van der Waals surface area contributed by atoms with Gasteiger partial charge in [0, 0.05) is 38.3 Å². The topological polar surface area (TPSA) is 130 Å². The van der Waals surface area contributed by atoms with E-state index in [2.05, 4.69) is 0 Å². The molecule has 0 saturated heterocycles. The van der Waals surface area contributed by atoms with E-state index in [1.165, 1.54) is 11.8 Å². The van der Waals surface area contributed by atoms with Gasteiger partial charge >= 0.3 is 11.9 Å². The molecule has 0 heterocycles. The van der Waals surface area contributed by atoms with Gasteiger partial charge in [-0.05, 0) is 24.3 Å². The summed E-state index contributed by atoms with van der Waals surface area (Å²) in [6.07, 6.45) is 2.63. The molecule has 0 radical (unpaired) electrons. The molecule has 0 aliphatic rings. The van der Waals surface area contributed by atoms with Crippen molar-refractivity contribution in [3.8, 4) is 0 Å². The SMILES string of the molecule is O=C(CCSCSCCCOOCSCO)OCCSCSCCOOCCCSCSCCC(=O)OCSCO. The highest BCUT2D eigenvalue weighted by molar-refractivity contribution is 8.16. The molecule has 0 aromatic rings. The number of hydrogen-bond acceptors (Lipinski definition) is 18. The number of rotatable bonds is 34. The molecule has 0 aliphatic carbocycles. The fraction of sp³-hybridized carbons (Fsp3) is 0.913. The molecule has 0 atom stereocenters. The summed E-state index contributed by atoms with van der Waals surface area (Å²) in [5.74, 6) is 5.23. The molecule has 244 valence electrons. The second-order valence-electron chi connectivity index (χ2n) is 7.23. The van der Waals surface area contributed by atoms with E-state index < -0.39 is 0 Å². The maximum atomic E-state index is 11.8. The number of aliphatic hydroxyl groups is 2. The Morgan fingerprint density at radius 3 is 1.54 bits per heavy atom. The number of aliphatic hydroxyl groups excluding tert-OH is 2. The molecule has 0 bridgehead atoms. The molecule has 0 unspecified atom stereocenters. The van der Waals surface area contributed by atoms with Gasteiger partial charge in [0.2, 0.25) is 0 Å². The summed E-state index contributed by atoms with van der Waals surface area (Å²) in [5.41, 5.74) is 0. The van der Waals surface area contributed by atoms with Gasteiger partial charge < -0.3 is 19.7 Å².